The van der Waals surface area contributed by atoms with Crippen molar-refractivity contribution in [3.05, 3.63) is 0 Å². The van der Waals surface area contributed by atoms with Crippen LogP contribution in [0.2, 0.25) is 0 Å². The largest absolute Gasteiger partial charge is 0.356 e. The summed E-state index contributed by atoms with van der Waals surface area (Å²) in [6.07, 6.45) is 5.58. The fourth-order valence-corrected chi connectivity index (χ4v) is 2.93. The molecule has 0 unspecified atom stereocenters. The van der Waals surface area contributed by atoms with Gasteiger partial charge in [0.2, 0.25) is 11.8 Å². The van der Waals surface area contributed by atoms with Crippen molar-refractivity contribution >= 4 is 11.8 Å². The van der Waals surface area contributed by atoms with Crippen LogP contribution in [-0.4, -0.2) is 36.3 Å². The van der Waals surface area contributed by atoms with Crippen molar-refractivity contribution in [2.24, 2.45) is 11.8 Å². The Morgan fingerprint density at radius 2 is 1.55 bits per heavy atom. The van der Waals surface area contributed by atoms with Gasteiger partial charge < -0.3 is 10.2 Å². The SMILES string of the molecule is CCCCNC(=O)C1CCC(C(=O)N(CC)CC)CC1. The summed E-state index contributed by atoms with van der Waals surface area (Å²) in [6, 6.07) is 0. The van der Waals surface area contributed by atoms with E-state index in [1.165, 1.54) is 0 Å². The van der Waals surface area contributed by atoms with Gasteiger partial charge in [-0.2, -0.15) is 0 Å². The summed E-state index contributed by atoms with van der Waals surface area (Å²) < 4.78 is 0. The average molecular weight is 282 g/mol. The molecule has 0 aliphatic heterocycles. The number of carbonyl (C=O) groups is 2. The molecule has 1 saturated carbocycles. The molecule has 1 aliphatic carbocycles. The molecule has 1 rings (SSSR count). The number of nitrogens with zero attached hydrogens (tertiary/aromatic N) is 1. The Morgan fingerprint density at radius 3 is 2.05 bits per heavy atom. The van der Waals surface area contributed by atoms with Gasteiger partial charge in [-0.3, -0.25) is 9.59 Å². The molecule has 0 aromatic heterocycles. The molecular weight excluding hydrogens is 252 g/mol. The van der Waals surface area contributed by atoms with Gasteiger partial charge in [-0.1, -0.05) is 13.3 Å². The van der Waals surface area contributed by atoms with E-state index in [-0.39, 0.29) is 23.7 Å². The monoisotopic (exact) mass is 282 g/mol. The second-order valence-corrected chi connectivity index (χ2v) is 5.70. The van der Waals surface area contributed by atoms with Gasteiger partial charge in [-0.15, -0.1) is 0 Å². The summed E-state index contributed by atoms with van der Waals surface area (Å²) in [5.41, 5.74) is 0. The quantitative estimate of drug-likeness (QED) is 0.730. The lowest BCUT2D eigenvalue weighted by Crippen LogP contribution is -2.39. The number of hydrogen-bond acceptors (Lipinski definition) is 2. The normalized spacial score (nSPS) is 22.4. The third-order valence-electron chi connectivity index (χ3n) is 4.35. The minimum atomic E-state index is 0.118. The first-order valence-corrected chi connectivity index (χ1v) is 8.20. The molecule has 0 aromatic rings. The number of rotatable bonds is 7. The van der Waals surface area contributed by atoms with Crippen molar-refractivity contribution in [1.29, 1.82) is 0 Å². The highest BCUT2D eigenvalue weighted by molar-refractivity contribution is 5.81. The van der Waals surface area contributed by atoms with E-state index >= 15 is 0 Å². The Labute approximate surface area is 123 Å². The Hall–Kier alpha value is -1.06. The Kier molecular flexibility index (Phi) is 7.63. The predicted octanol–water partition coefficient (Wildman–Crippen LogP) is 2.58. The van der Waals surface area contributed by atoms with Crippen LogP contribution in [0, 0.1) is 11.8 Å². The predicted molar refractivity (Wildman–Crippen MR) is 81.3 cm³/mol. The van der Waals surface area contributed by atoms with Crippen LogP contribution in [0.25, 0.3) is 0 Å². The van der Waals surface area contributed by atoms with Crippen LogP contribution in [0.4, 0.5) is 0 Å². The van der Waals surface area contributed by atoms with Crippen molar-refractivity contribution in [3.63, 3.8) is 0 Å². The molecular formula is C16H30N2O2. The second-order valence-electron chi connectivity index (χ2n) is 5.70. The van der Waals surface area contributed by atoms with E-state index < -0.39 is 0 Å². The van der Waals surface area contributed by atoms with Crippen LogP contribution in [0.15, 0.2) is 0 Å². The highest BCUT2D eigenvalue weighted by Crippen LogP contribution is 2.30. The van der Waals surface area contributed by atoms with Gasteiger partial charge in [-0.25, -0.2) is 0 Å². The number of amides is 2. The van der Waals surface area contributed by atoms with E-state index in [9.17, 15) is 9.59 Å². The maximum absolute atomic E-state index is 12.3. The molecule has 0 bridgehead atoms. The summed E-state index contributed by atoms with van der Waals surface area (Å²) in [7, 11) is 0. The Morgan fingerprint density at radius 1 is 1.00 bits per heavy atom. The molecule has 116 valence electrons. The van der Waals surface area contributed by atoms with Crippen molar-refractivity contribution < 1.29 is 9.59 Å². The van der Waals surface area contributed by atoms with Gasteiger partial charge in [-0.05, 0) is 46.0 Å². The molecule has 0 heterocycles. The van der Waals surface area contributed by atoms with Crippen molar-refractivity contribution in [3.8, 4) is 0 Å². The topological polar surface area (TPSA) is 49.4 Å². The fourth-order valence-electron chi connectivity index (χ4n) is 2.93. The molecule has 2 amide bonds. The van der Waals surface area contributed by atoms with Crippen LogP contribution in [0.3, 0.4) is 0 Å². The summed E-state index contributed by atoms with van der Waals surface area (Å²) in [5.74, 6) is 0.717. The lowest BCUT2D eigenvalue weighted by atomic mass is 9.81. The van der Waals surface area contributed by atoms with Crippen LogP contribution in [-0.2, 0) is 9.59 Å². The van der Waals surface area contributed by atoms with Crippen LogP contribution >= 0.6 is 0 Å². The lowest BCUT2D eigenvalue weighted by Gasteiger charge is -2.30. The van der Waals surface area contributed by atoms with E-state index in [0.717, 1.165) is 58.2 Å². The van der Waals surface area contributed by atoms with Crippen molar-refractivity contribution in [2.45, 2.75) is 59.3 Å². The maximum atomic E-state index is 12.3. The van der Waals surface area contributed by atoms with E-state index in [2.05, 4.69) is 12.2 Å². The first kappa shape index (κ1) is 17.0. The number of hydrogen-bond donors (Lipinski definition) is 1. The maximum Gasteiger partial charge on any atom is 0.225 e. The lowest BCUT2D eigenvalue weighted by molar-refractivity contribution is -0.138. The van der Waals surface area contributed by atoms with Gasteiger partial charge in [0.25, 0.3) is 0 Å². The van der Waals surface area contributed by atoms with Gasteiger partial charge in [0.15, 0.2) is 0 Å². The van der Waals surface area contributed by atoms with Gasteiger partial charge >= 0.3 is 0 Å². The summed E-state index contributed by atoms with van der Waals surface area (Å²) in [6.45, 7) is 8.52. The molecule has 4 nitrogen and oxygen atoms in total. The molecule has 0 radical (unpaired) electrons. The zero-order chi connectivity index (χ0) is 15.0. The van der Waals surface area contributed by atoms with E-state index in [4.69, 9.17) is 0 Å². The van der Waals surface area contributed by atoms with E-state index in [1.54, 1.807) is 0 Å². The van der Waals surface area contributed by atoms with Gasteiger partial charge in [0.1, 0.15) is 0 Å². The van der Waals surface area contributed by atoms with Crippen molar-refractivity contribution in [2.75, 3.05) is 19.6 Å². The third-order valence-corrected chi connectivity index (χ3v) is 4.35. The highest BCUT2D eigenvalue weighted by Gasteiger charge is 2.31. The zero-order valence-electron chi connectivity index (χ0n) is 13.3. The number of carbonyl (C=O) groups excluding carboxylic acids is 2. The molecule has 0 saturated heterocycles. The molecule has 1 fully saturated rings. The Balaban J connectivity index is 2.35. The first-order chi connectivity index (χ1) is 9.63. The molecule has 4 heteroatoms. The molecule has 0 aromatic carbocycles. The molecule has 1 aliphatic rings. The molecule has 0 atom stereocenters. The average Bonchev–Trinajstić information content (AvgIpc) is 2.48. The van der Waals surface area contributed by atoms with Crippen LogP contribution in [0.1, 0.15) is 59.3 Å². The highest BCUT2D eigenvalue weighted by atomic mass is 16.2. The Bertz CT molecular complexity index is 306. The molecule has 1 N–H and O–H groups in total. The smallest absolute Gasteiger partial charge is 0.225 e. The zero-order valence-corrected chi connectivity index (χ0v) is 13.3. The number of unbranched alkanes of at least 4 members (excludes halogenated alkanes) is 1. The first-order valence-electron chi connectivity index (χ1n) is 8.20. The fraction of sp³-hybridized carbons (Fsp3) is 0.875. The van der Waals surface area contributed by atoms with Gasteiger partial charge in [0.05, 0.1) is 0 Å². The summed E-state index contributed by atoms with van der Waals surface area (Å²) >= 11 is 0. The van der Waals surface area contributed by atoms with E-state index in [0.29, 0.717) is 0 Å². The van der Waals surface area contributed by atoms with Gasteiger partial charge in [0, 0.05) is 31.5 Å². The minimum Gasteiger partial charge on any atom is -0.356 e. The van der Waals surface area contributed by atoms with Crippen molar-refractivity contribution in [1.82, 2.24) is 10.2 Å². The van der Waals surface area contributed by atoms with E-state index in [1.807, 2.05) is 18.7 Å². The summed E-state index contributed by atoms with van der Waals surface area (Å²) in [5, 5.41) is 3.01. The van der Waals surface area contributed by atoms with Crippen LogP contribution in [0.5, 0.6) is 0 Å². The second kappa shape index (κ2) is 8.98. The number of nitrogens with one attached hydrogen (secondary N) is 1. The minimum absolute atomic E-state index is 0.118. The van der Waals surface area contributed by atoms with Crippen LogP contribution < -0.4 is 5.32 Å². The molecule has 0 spiro atoms. The third kappa shape index (κ3) is 4.80. The summed E-state index contributed by atoms with van der Waals surface area (Å²) in [4.78, 5) is 26.2. The molecule has 20 heavy (non-hydrogen) atoms. The standard InChI is InChI=1S/C16H30N2O2/c1-4-7-12-17-15(19)13-8-10-14(11-9-13)16(20)18(5-2)6-3/h13-14H,4-12H2,1-3H3,(H,17,19).